The average Bonchev–Trinajstić information content (AvgIpc) is 3.16. The van der Waals surface area contributed by atoms with Crippen molar-refractivity contribution in [2.45, 2.75) is 0 Å². The van der Waals surface area contributed by atoms with Gasteiger partial charge in [0.05, 0.1) is 24.7 Å². The Morgan fingerprint density at radius 1 is 0.885 bits per heavy atom. The van der Waals surface area contributed by atoms with Gasteiger partial charge in [-0.05, 0) is 30.3 Å². The van der Waals surface area contributed by atoms with Gasteiger partial charge >= 0.3 is 0 Å². The van der Waals surface area contributed by atoms with Gasteiger partial charge in [-0.15, -0.1) is 0 Å². The molecule has 0 aromatic heterocycles. The number of ether oxygens (including phenoxy) is 3. The lowest BCUT2D eigenvalue weighted by Gasteiger charge is -2.19. The molecule has 0 aliphatic carbocycles. The summed E-state index contributed by atoms with van der Waals surface area (Å²) in [6.45, 7) is 0.221. The Hall–Kier alpha value is -3.47. The third-order valence-electron chi connectivity index (χ3n) is 4.04. The van der Waals surface area contributed by atoms with Crippen molar-refractivity contribution < 1.29 is 14.2 Å². The molecule has 4 rings (SSSR count). The minimum Gasteiger partial charge on any atom is -0.496 e. The third kappa shape index (κ3) is 3.19. The molecule has 1 heterocycles. The number of hydrazone groups is 1. The monoisotopic (exact) mass is 346 g/mol. The van der Waals surface area contributed by atoms with Crippen LogP contribution in [-0.4, -0.2) is 20.1 Å². The SMILES string of the molecule is COc1cc2c(cc1C=NN(c1ccccc1)c1ccccc1)OCO2. The Kier molecular flexibility index (Phi) is 4.43. The van der Waals surface area contributed by atoms with E-state index in [2.05, 4.69) is 0 Å². The standard InChI is InChI=1S/C21H18N2O3/c1-24-19-13-21-20(25-15-26-21)12-16(19)14-22-23(17-8-4-2-5-9-17)18-10-6-3-7-11-18/h2-14H,15H2,1H3. The van der Waals surface area contributed by atoms with Crippen LogP contribution in [0.2, 0.25) is 0 Å². The van der Waals surface area contributed by atoms with Crippen LogP contribution in [0.25, 0.3) is 0 Å². The van der Waals surface area contributed by atoms with E-state index in [1.807, 2.05) is 77.8 Å². The zero-order valence-electron chi connectivity index (χ0n) is 14.3. The largest absolute Gasteiger partial charge is 0.496 e. The molecule has 0 saturated heterocycles. The van der Waals surface area contributed by atoms with Gasteiger partial charge < -0.3 is 14.2 Å². The number of nitrogens with zero attached hydrogens (tertiary/aromatic N) is 2. The Balaban J connectivity index is 1.72. The van der Waals surface area contributed by atoms with Crippen molar-refractivity contribution >= 4 is 17.6 Å². The van der Waals surface area contributed by atoms with Gasteiger partial charge in [0.2, 0.25) is 6.79 Å². The van der Waals surface area contributed by atoms with Crippen LogP contribution >= 0.6 is 0 Å². The van der Waals surface area contributed by atoms with E-state index in [4.69, 9.17) is 19.3 Å². The van der Waals surface area contributed by atoms with Crippen LogP contribution in [0.4, 0.5) is 11.4 Å². The highest BCUT2D eigenvalue weighted by Crippen LogP contribution is 2.37. The zero-order chi connectivity index (χ0) is 17.8. The second-order valence-electron chi connectivity index (χ2n) is 5.67. The molecule has 0 fully saturated rings. The van der Waals surface area contributed by atoms with Gasteiger partial charge in [-0.25, -0.2) is 5.01 Å². The first-order valence-electron chi connectivity index (χ1n) is 8.27. The number of hydrogen-bond donors (Lipinski definition) is 0. The van der Waals surface area contributed by atoms with Crippen LogP contribution in [-0.2, 0) is 0 Å². The molecular weight excluding hydrogens is 328 g/mol. The second-order valence-corrected chi connectivity index (χ2v) is 5.67. The molecular formula is C21H18N2O3. The maximum absolute atomic E-state index is 5.47. The molecule has 0 unspecified atom stereocenters. The molecule has 0 atom stereocenters. The fourth-order valence-corrected chi connectivity index (χ4v) is 2.76. The molecule has 130 valence electrons. The molecule has 5 heteroatoms. The van der Waals surface area contributed by atoms with E-state index in [1.165, 1.54) is 0 Å². The van der Waals surface area contributed by atoms with Crippen LogP contribution in [0.3, 0.4) is 0 Å². The Morgan fingerprint density at radius 2 is 1.46 bits per heavy atom. The maximum atomic E-state index is 5.47. The summed E-state index contributed by atoms with van der Waals surface area (Å²) in [6, 6.07) is 23.7. The van der Waals surface area contributed by atoms with E-state index in [0.29, 0.717) is 17.2 Å². The van der Waals surface area contributed by atoms with Crippen molar-refractivity contribution in [3.63, 3.8) is 0 Å². The molecule has 3 aromatic carbocycles. The molecule has 1 aliphatic heterocycles. The summed E-state index contributed by atoms with van der Waals surface area (Å²) < 4.78 is 16.3. The Labute approximate surface area is 152 Å². The first kappa shape index (κ1) is 16.0. The number of hydrogen-bond acceptors (Lipinski definition) is 5. The van der Waals surface area contributed by atoms with Gasteiger partial charge in [0, 0.05) is 11.6 Å². The van der Waals surface area contributed by atoms with Crippen molar-refractivity contribution in [2.75, 3.05) is 18.9 Å². The number of methoxy groups -OCH3 is 1. The topological polar surface area (TPSA) is 43.3 Å². The van der Waals surface area contributed by atoms with Gasteiger partial charge in [-0.3, -0.25) is 0 Å². The number of fused-ring (bicyclic) bond motifs is 1. The second kappa shape index (κ2) is 7.19. The van der Waals surface area contributed by atoms with E-state index in [0.717, 1.165) is 16.9 Å². The molecule has 5 nitrogen and oxygen atoms in total. The summed E-state index contributed by atoms with van der Waals surface area (Å²) in [6.07, 6.45) is 1.76. The molecule has 0 bridgehead atoms. The van der Waals surface area contributed by atoms with Crippen molar-refractivity contribution in [3.05, 3.63) is 78.4 Å². The third-order valence-corrected chi connectivity index (χ3v) is 4.04. The normalized spacial score (nSPS) is 12.3. The van der Waals surface area contributed by atoms with Gasteiger partial charge in [0.15, 0.2) is 11.5 Å². The fraction of sp³-hybridized carbons (Fsp3) is 0.0952. The summed E-state index contributed by atoms with van der Waals surface area (Å²) in [5.41, 5.74) is 2.75. The molecule has 3 aromatic rings. The first-order valence-corrected chi connectivity index (χ1v) is 8.27. The van der Waals surface area contributed by atoms with Gasteiger partial charge in [0.1, 0.15) is 5.75 Å². The summed E-state index contributed by atoms with van der Waals surface area (Å²) >= 11 is 0. The number of benzene rings is 3. The Morgan fingerprint density at radius 3 is 2.04 bits per heavy atom. The summed E-state index contributed by atoms with van der Waals surface area (Å²) in [5.74, 6) is 2.05. The maximum Gasteiger partial charge on any atom is 0.231 e. The zero-order valence-corrected chi connectivity index (χ0v) is 14.3. The predicted octanol–water partition coefficient (Wildman–Crippen LogP) is 4.60. The highest BCUT2D eigenvalue weighted by atomic mass is 16.7. The van der Waals surface area contributed by atoms with E-state index >= 15 is 0 Å². The fourth-order valence-electron chi connectivity index (χ4n) is 2.76. The molecule has 26 heavy (non-hydrogen) atoms. The predicted molar refractivity (Wildman–Crippen MR) is 102 cm³/mol. The quantitative estimate of drug-likeness (QED) is 0.500. The Bertz CT molecular complexity index is 872. The lowest BCUT2D eigenvalue weighted by atomic mass is 10.2. The number of para-hydroxylation sites is 2. The average molecular weight is 346 g/mol. The van der Waals surface area contributed by atoms with Crippen LogP contribution in [0, 0.1) is 0 Å². The number of anilines is 2. The highest BCUT2D eigenvalue weighted by Gasteiger charge is 2.17. The van der Waals surface area contributed by atoms with Gasteiger partial charge in [0.25, 0.3) is 0 Å². The van der Waals surface area contributed by atoms with Crippen LogP contribution in [0.5, 0.6) is 17.2 Å². The molecule has 0 radical (unpaired) electrons. The van der Waals surface area contributed by atoms with Crippen molar-refractivity contribution in [2.24, 2.45) is 5.10 Å². The summed E-state index contributed by atoms with van der Waals surface area (Å²) in [4.78, 5) is 0. The van der Waals surface area contributed by atoms with E-state index in [-0.39, 0.29) is 6.79 Å². The first-order chi connectivity index (χ1) is 12.8. The smallest absolute Gasteiger partial charge is 0.231 e. The molecule has 0 saturated carbocycles. The molecule has 1 aliphatic rings. The van der Waals surface area contributed by atoms with Gasteiger partial charge in [-0.1, -0.05) is 36.4 Å². The highest BCUT2D eigenvalue weighted by molar-refractivity contribution is 5.86. The van der Waals surface area contributed by atoms with Crippen molar-refractivity contribution in [3.8, 4) is 17.2 Å². The molecule has 0 N–H and O–H groups in total. The minimum absolute atomic E-state index is 0.221. The van der Waals surface area contributed by atoms with Crippen LogP contribution in [0.1, 0.15) is 5.56 Å². The lowest BCUT2D eigenvalue weighted by Crippen LogP contribution is -2.09. The van der Waals surface area contributed by atoms with E-state index in [9.17, 15) is 0 Å². The van der Waals surface area contributed by atoms with Crippen LogP contribution in [0.15, 0.2) is 77.9 Å². The minimum atomic E-state index is 0.221. The van der Waals surface area contributed by atoms with E-state index in [1.54, 1.807) is 13.3 Å². The van der Waals surface area contributed by atoms with Crippen molar-refractivity contribution in [1.29, 1.82) is 0 Å². The van der Waals surface area contributed by atoms with Crippen LogP contribution < -0.4 is 19.2 Å². The van der Waals surface area contributed by atoms with Gasteiger partial charge in [-0.2, -0.15) is 5.10 Å². The number of rotatable bonds is 5. The summed E-state index contributed by atoms with van der Waals surface area (Å²) in [5, 5.41) is 6.58. The molecule has 0 spiro atoms. The van der Waals surface area contributed by atoms with Crippen molar-refractivity contribution in [1.82, 2.24) is 0 Å². The van der Waals surface area contributed by atoms with E-state index < -0.39 is 0 Å². The summed E-state index contributed by atoms with van der Waals surface area (Å²) in [7, 11) is 1.63. The lowest BCUT2D eigenvalue weighted by molar-refractivity contribution is 0.174. The molecule has 0 amide bonds.